The van der Waals surface area contributed by atoms with Gasteiger partial charge in [-0.2, -0.15) is 0 Å². The lowest BCUT2D eigenvalue weighted by molar-refractivity contribution is -0.120. The molecular formula is C25H21ClN2O3. The molecule has 2 amide bonds. The van der Waals surface area contributed by atoms with Crippen molar-refractivity contribution in [1.29, 1.82) is 0 Å². The van der Waals surface area contributed by atoms with Crippen molar-refractivity contribution in [3.05, 3.63) is 94.6 Å². The van der Waals surface area contributed by atoms with Crippen molar-refractivity contribution in [2.24, 2.45) is 0 Å². The van der Waals surface area contributed by atoms with E-state index in [0.29, 0.717) is 39.9 Å². The standard InChI is InChI=1S/C25H21ClN2O3/c1-3-31-19-8-6-7-18(15-19)27-23-22(17-13-11-16(2)12-14-17)24(29)28(25(23)30)21-10-5-4-9-20(21)26/h4-15,27H,3H2,1-2H3. The van der Waals surface area contributed by atoms with Crippen LogP contribution in [0.3, 0.4) is 0 Å². The van der Waals surface area contributed by atoms with Crippen LogP contribution in [0.4, 0.5) is 11.4 Å². The summed E-state index contributed by atoms with van der Waals surface area (Å²) in [5.41, 5.74) is 3.20. The third-order valence-electron chi connectivity index (χ3n) is 4.93. The fraction of sp³-hybridized carbons (Fsp3) is 0.120. The number of nitrogens with one attached hydrogen (secondary N) is 1. The minimum absolute atomic E-state index is 0.197. The number of ether oxygens (including phenoxy) is 1. The van der Waals surface area contributed by atoms with E-state index in [1.165, 1.54) is 0 Å². The molecule has 0 aromatic heterocycles. The van der Waals surface area contributed by atoms with Crippen molar-refractivity contribution < 1.29 is 14.3 Å². The summed E-state index contributed by atoms with van der Waals surface area (Å²) in [7, 11) is 0. The zero-order valence-electron chi connectivity index (χ0n) is 17.2. The predicted octanol–water partition coefficient (Wildman–Crippen LogP) is 5.44. The third kappa shape index (κ3) is 4.05. The number of amides is 2. The van der Waals surface area contributed by atoms with Crippen LogP contribution in [0.5, 0.6) is 5.75 Å². The Labute approximate surface area is 185 Å². The van der Waals surface area contributed by atoms with Crippen molar-refractivity contribution >= 4 is 40.4 Å². The first-order chi connectivity index (χ1) is 15.0. The number of benzene rings is 3. The molecule has 1 aliphatic heterocycles. The van der Waals surface area contributed by atoms with E-state index in [2.05, 4.69) is 5.32 Å². The predicted molar refractivity (Wildman–Crippen MR) is 123 cm³/mol. The molecule has 5 nitrogen and oxygen atoms in total. The summed E-state index contributed by atoms with van der Waals surface area (Å²) in [6, 6.07) is 21.6. The largest absolute Gasteiger partial charge is 0.494 e. The van der Waals surface area contributed by atoms with E-state index in [-0.39, 0.29) is 5.70 Å². The van der Waals surface area contributed by atoms with E-state index < -0.39 is 11.8 Å². The molecule has 0 atom stereocenters. The number of carbonyl (C=O) groups excluding carboxylic acids is 2. The number of hydrogen-bond donors (Lipinski definition) is 1. The quantitative estimate of drug-likeness (QED) is 0.526. The van der Waals surface area contributed by atoms with E-state index in [4.69, 9.17) is 16.3 Å². The average molecular weight is 433 g/mol. The maximum absolute atomic E-state index is 13.4. The summed E-state index contributed by atoms with van der Waals surface area (Å²) in [6.07, 6.45) is 0. The Morgan fingerprint density at radius 2 is 1.68 bits per heavy atom. The Kier molecular flexibility index (Phi) is 5.78. The highest BCUT2D eigenvalue weighted by atomic mass is 35.5. The molecule has 0 spiro atoms. The third-order valence-corrected chi connectivity index (χ3v) is 5.25. The number of halogens is 1. The van der Waals surface area contributed by atoms with Crippen LogP contribution in [0.2, 0.25) is 5.02 Å². The molecule has 156 valence electrons. The van der Waals surface area contributed by atoms with Crippen molar-refractivity contribution in [2.75, 3.05) is 16.8 Å². The van der Waals surface area contributed by atoms with Crippen LogP contribution in [0.25, 0.3) is 5.57 Å². The highest BCUT2D eigenvalue weighted by molar-refractivity contribution is 6.48. The minimum atomic E-state index is -0.463. The number of anilines is 2. The lowest BCUT2D eigenvalue weighted by Crippen LogP contribution is -2.32. The number of imide groups is 1. The van der Waals surface area contributed by atoms with Crippen LogP contribution < -0.4 is 15.0 Å². The number of nitrogens with zero attached hydrogens (tertiary/aromatic N) is 1. The van der Waals surface area contributed by atoms with E-state index in [1.807, 2.05) is 56.3 Å². The van der Waals surface area contributed by atoms with Crippen molar-refractivity contribution in [3.8, 4) is 5.75 Å². The smallest absolute Gasteiger partial charge is 0.282 e. The fourth-order valence-corrected chi connectivity index (χ4v) is 3.68. The van der Waals surface area contributed by atoms with E-state index in [9.17, 15) is 9.59 Å². The first kappa shape index (κ1) is 20.7. The molecule has 0 radical (unpaired) electrons. The molecule has 0 bridgehead atoms. The molecule has 0 fully saturated rings. The molecular weight excluding hydrogens is 412 g/mol. The number of aryl methyl sites for hydroxylation is 1. The van der Waals surface area contributed by atoms with E-state index in [0.717, 1.165) is 10.5 Å². The lowest BCUT2D eigenvalue weighted by Gasteiger charge is -2.16. The Morgan fingerprint density at radius 3 is 2.39 bits per heavy atom. The maximum Gasteiger partial charge on any atom is 0.282 e. The van der Waals surface area contributed by atoms with Gasteiger partial charge in [0.15, 0.2) is 0 Å². The van der Waals surface area contributed by atoms with Gasteiger partial charge < -0.3 is 10.1 Å². The van der Waals surface area contributed by atoms with Gasteiger partial charge in [-0.3, -0.25) is 9.59 Å². The van der Waals surface area contributed by atoms with E-state index in [1.54, 1.807) is 30.3 Å². The zero-order valence-corrected chi connectivity index (χ0v) is 17.9. The molecule has 3 aromatic carbocycles. The summed E-state index contributed by atoms with van der Waals surface area (Å²) < 4.78 is 5.55. The number of hydrogen-bond acceptors (Lipinski definition) is 4. The minimum Gasteiger partial charge on any atom is -0.494 e. The Morgan fingerprint density at radius 1 is 0.935 bits per heavy atom. The number of para-hydroxylation sites is 1. The van der Waals surface area contributed by atoms with Gasteiger partial charge in [0.25, 0.3) is 11.8 Å². The van der Waals surface area contributed by atoms with Crippen molar-refractivity contribution in [2.45, 2.75) is 13.8 Å². The summed E-state index contributed by atoms with van der Waals surface area (Å²) >= 11 is 6.31. The van der Waals surface area contributed by atoms with Crippen LogP contribution in [-0.4, -0.2) is 18.4 Å². The maximum atomic E-state index is 13.4. The van der Waals surface area contributed by atoms with Gasteiger partial charge in [0.2, 0.25) is 0 Å². The molecule has 0 saturated carbocycles. The summed E-state index contributed by atoms with van der Waals surface area (Å²) in [4.78, 5) is 28.0. The highest BCUT2D eigenvalue weighted by Gasteiger charge is 2.41. The molecule has 0 aliphatic carbocycles. The first-order valence-electron chi connectivity index (χ1n) is 9.94. The van der Waals surface area contributed by atoms with Gasteiger partial charge in [-0.25, -0.2) is 4.90 Å². The SMILES string of the molecule is CCOc1cccc(NC2=C(c3ccc(C)cc3)C(=O)N(c3ccccc3Cl)C2=O)c1. The number of rotatable bonds is 6. The molecule has 4 rings (SSSR count). The topological polar surface area (TPSA) is 58.6 Å². The fourth-order valence-electron chi connectivity index (χ4n) is 3.46. The second kappa shape index (κ2) is 8.66. The van der Waals surface area contributed by atoms with Gasteiger partial charge in [0.1, 0.15) is 11.4 Å². The van der Waals surface area contributed by atoms with Crippen molar-refractivity contribution in [3.63, 3.8) is 0 Å². The Balaban J connectivity index is 1.81. The van der Waals surface area contributed by atoms with Gasteiger partial charge in [0, 0.05) is 11.8 Å². The van der Waals surface area contributed by atoms with E-state index >= 15 is 0 Å². The highest BCUT2D eigenvalue weighted by Crippen LogP contribution is 2.37. The van der Waals surface area contributed by atoms with Crippen LogP contribution in [0, 0.1) is 6.92 Å². The second-order valence-electron chi connectivity index (χ2n) is 7.10. The summed E-state index contributed by atoms with van der Waals surface area (Å²) in [5.74, 6) is -0.217. The van der Waals surface area contributed by atoms with Crippen LogP contribution >= 0.6 is 11.6 Å². The second-order valence-corrected chi connectivity index (χ2v) is 7.51. The molecule has 0 saturated heterocycles. The summed E-state index contributed by atoms with van der Waals surface area (Å²) in [5, 5.41) is 3.47. The van der Waals surface area contributed by atoms with Gasteiger partial charge in [0.05, 0.1) is 22.9 Å². The molecule has 1 N–H and O–H groups in total. The molecule has 6 heteroatoms. The molecule has 0 unspecified atom stereocenters. The molecule has 1 aliphatic rings. The van der Waals surface area contributed by atoms with Gasteiger partial charge in [-0.05, 0) is 43.7 Å². The Hall–Kier alpha value is -3.57. The first-order valence-corrected chi connectivity index (χ1v) is 10.3. The van der Waals surface area contributed by atoms with Gasteiger partial charge >= 0.3 is 0 Å². The van der Waals surface area contributed by atoms with Crippen LogP contribution in [0.1, 0.15) is 18.1 Å². The van der Waals surface area contributed by atoms with Gasteiger partial charge in [-0.15, -0.1) is 0 Å². The monoisotopic (exact) mass is 432 g/mol. The zero-order chi connectivity index (χ0) is 22.0. The van der Waals surface area contributed by atoms with Crippen LogP contribution in [-0.2, 0) is 9.59 Å². The van der Waals surface area contributed by atoms with Gasteiger partial charge in [-0.1, -0.05) is 59.6 Å². The molecule has 31 heavy (non-hydrogen) atoms. The molecule has 1 heterocycles. The summed E-state index contributed by atoms with van der Waals surface area (Å²) in [6.45, 7) is 4.39. The normalized spacial score (nSPS) is 13.7. The number of carbonyl (C=O) groups is 2. The van der Waals surface area contributed by atoms with Crippen LogP contribution in [0.15, 0.2) is 78.5 Å². The Bertz CT molecular complexity index is 1190. The molecule has 3 aromatic rings. The lowest BCUT2D eigenvalue weighted by atomic mass is 10.0. The van der Waals surface area contributed by atoms with Crippen molar-refractivity contribution in [1.82, 2.24) is 0 Å². The average Bonchev–Trinajstić information content (AvgIpc) is 2.99.